The average molecular weight is 222 g/mol. The van der Waals surface area contributed by atoms with Crippen LogP contribution in [0.25, 0.3) is 11.1 Å². The number of benzene rings is 1. The van der Waals surface area contributed by atoms with E-state index in [1.54, 1.807) is 0 Å². The molecular weight excluding hydrogens is 216 g/mol. The summed E-state index contributed by atoms with van der Waals surface area (Å²) < 4.78 is 5.10. The Labute approximate surface area is 88.5 Å². The molecule has 0 aliphatic heterocycles. The number of aromatic nitrogens is 1. The molecule has 7 nitrogen and oxygen atoms in total. The van der Waals surface area contributed by atoms with Crippen molar-refractivity contribution in [2.24, 2.45) is 0 Å². The minimum absolute atomic E-state index is 0.0306. The third kappa shape index (κ3) is 1.83. The van der Waals surface area contributed by atoms with Crippen LogP contribution in [-0.2, 0) is 11.2 Å². The first-order chi connectivity index (χ1) is 7.56. The third-order valence-corrected chi connectivity index (χ3v) is 1.93. The number of nitro groups is 1. The van der Waals surface area contributed by atoms with E-state index in [1.807, 2.05) is 0 Å². The second-order valence-corrected chi connectivity index (χ2v) is 3.09. The molecule has 0 aliphatic carbocycles. The van der Waals surface area contributed by atoms with Crippen LogP contribution < -0.4 is 0 Å². The van der Waals surface area contributed by atoms with Crippen molar-refractivity contribution in [2.45, 2.75) is 6.42 Å². The maximum atomic E-state index is 10.5. The molecule has 0 unspecified atom stereocenters. The van der Waals surface area contributed by atoms with E-state index in [2.05, 4.69) is 4.98 Å². The molecule has 0 radical (unpaired) electrons. The number of aliphatic carboxylic acids is 1. The first kappa shape index (κ1) is 10.1. The van der Waals surface area contributed by atoms with Gasteiger partial charge in [-0.05, 0) is 6.07 Å². The number of carboxylic acid groups (broad SMARTS) is 1. The monoisotopic (exact) mass is 222 g/mol. The van der Waals surface area contributed by atoms with Crippen LogP contribution >= 0.6 is 0 Å². The Hall–Kier alpha value is -2.44. The molecule has 0 aliphatic rings. The number of fused-ring (bicyclic) bond motifs is 1. The van der Waals surface area contributed by atoms with Crippen LogP contribution in [0.2, 0.25) is 0 Å². The molecule has 16 heavy (non-hydrogen) atoms. The standard InChI is InChI=1S/C9H6N2O5/c12-9(13)4-8-10-6-3-5(11(14)15)1-2-7(6)16-8/h1-3H,4H2,(H,12,13). The molecule has 0 bridgehead atoms. The van der Waals surface area contributed by atoms with E-state index in [1.165, 1.54) is 18.2 Å². The SMILES string of the molecule is O=C(O)Cc1nc2cc([N+](=O)[O-])ccc2o1. The van der Waals surface area contributed by atoms with Crippen LogP contribution in [0.3, 0.4) is 0 Å². The number of nitrogens with zero attached hydrogens (tertiary/aromatic N) is 2. The maximum absolute atomic E-state index is 10.5. The normalized spacial score (nSPS) is 10.5. The molecule has 0 atom stereocenters. The van der Waals surface area contributed by atoms with Gasteiger partial charge in [0.15, 0.2) is 5.58 Å². The Morgan fingerprint density at radius 2 is 2.31 bits per heavy atom. The van der Waals surface area contributed by atoms with E-state index in [0.717, 1.165) is 0 Å². The van der Waals surface area contributed by atoms with Gasteiger partial charge >= 0.3 is 5.97 Å². The molecule has 0 spiro atoms. The molecule has 1 heterocycles. The van der Waals surface area contributed by atoms with Crippen LogP contribution in [-0.4, -0.2) is 21.0 Å². The lowest BCUT2D eigenvalue weighted by molar-refractivity contribution is -0.384. The van der Waals surface area contributed by atoms with Gasteiger partial charge in [0, 0.05) is 12.1 Å². The summed E-state index contributed by atoms with van der Waals surface area (Å²) in [4.78, 5) is 24.2. The second-order valence-electron chi connectivity index (χ2n) is 3.09. The van der Waals surface area contributed by atoms with Crippen molar-refractivity contribution in [1.82, 2.24) is 4.98 Å². The summed E-state index contributed by atoms with van der Waals surface area (Å²) in [6, 6.07) is 3.91. The smallest absolute Gasteiger partial charge is 0.312 e. The Morgan fingerprint density at radius 1 is 1.56 bits per heavy atom. The molecule has 0 fully saturated rings. The fourth-order valence-electron chi connectivity index (χ4n) is 1.28. The van der Waals surface area contributed by atoms with E-state index < -0.39 is 10.9 Å². The number of nitro benzene ring substituents is 1. The van der Waals surface area contributed by atoms with Gasteiger partial charge in [-0.1, -0.05) is 0 Å². The van der Waals surface area contributed by atoms with Crippen LogP contribution in [0, 0.1) is 10.1 Å². The van der Waals surface area contributed by atoms with Crippen molar-refractivity contribution in [3.05, 3.63) is 34.2 Å². The molecule has 0 saturated heterocycles. The summed E-state index contributed by atoms with van der Waals surface area (Å²) in [5.74, 6) is -1.04. The number of carbonyl (C=O) groups is 1. The Balaban J connectivity index is 2.45. The topological polar surface area (TPSA) is 106 Å². The number of oxazole rings is 1. The summed E-state index contributed by atoms with van der Waals surface area (Å²) >= 11 is 0. The van der Waals surface area contributed by atoms with Gasteiger partial charge < -0.3 is 9.52 Å². The predicted molar refractivity (Wildman–Crippen MR) is 52.0 cm³/mol. The van der Waals surface area contributed by atoms with Crippen molar-refractivity contribution in [3.63, 3.8) is 0 Å². The lowest BCUT2D eigenvalue weighted by Crippen LogP contribution is -1.99. The van der Waals surface area contributed by atoms with Crippen molar-refractivity contribution < 1.29 is 19.2 Å². The van der Waals surface area contributed by atoms with Gasteiger partial charge in [0.1, 0.15) is 11.9 Å². The third-order valence-electron chi connectivity index (χ3n) is 1.93. The maximum Gasteiger partial charge on any atom is 0.312 e. The molecular formula is C9H6N2O5. The van der Waals surface area contributed by atoms with E-state index in [-0.39, 0.29) is 23.5 Å². The average Bonchev–Trinajstić information content (AvgIpc) is 2.56. The van der Waals surface area contributed by atoms with Crippen molar-refractivity contribution in [1.29, 1.82) is 0 Å². The highest BCUT2D eigenvalue weighted by atomic mass is 16.6. The molecule has 1 N–H and O–H groups in total. The van der Waals surface area contributed by atoms with Crippen molar-refractivity contribution in [3.8, 4) is 0 Å². The lowest BCUT2D eigenvalue weighted by atomic mass is 10.3. The van der Waals surface area contributed by atoms with E-state index >= 15 is 0 Å². The number of hydrogen-bond donors (Lipinski definition) is 1. The van der Waals surface area contributed by atoms with Gasteiger partial charge in [0.2, 0.25) is 5.89 Å². The van der Waals surface area contributed by atoms with E-state index in [9.17, 15) is 14.9 Å². The Morgan fingerprint density at radius 3 is 2.94 bits per heavy atom. The van der Waals surface area contributed by atoms with Crippen LogP contribution in [0.1, 0.15) is 5.89 Å². The van der Waals surface area contributed by atoms with E-state index in [4.69, 9.17) is 9.52 Å². The van der Waals surface area contributed by atoms with E-state index in [0.29, 0.717) is 5.58 Å². The first-order valence-corrected chi connectivity index (χ1v) is 4.32. The highest BCUT2D eigenvalue weighted by molar-refractivity contribution is 5.77. The van der Waals surface area contributed by atoms with Gasteiger partial charge in [-0.25, -0.2) is 4.98 Å². The molecule has 0 amide bonds. The molecule has 2 aromatic rings. The zero-order valence-electron chi connectivity index (χ0n) is 7.91. The number of carboxylic acids is 1. The van der Waals surface area contributed by atoms with Gasteiger partial charge in [-0.2, -0.15) is 0 Å². The summed E-state index contributed by atoms with van der Waals surface area (Å²) in [6.45, 7) is 0. The molecule has 1 aromatic carbocycles. The fourth-order valence-corrected chi connectivity index (χ4v) is 1.28. The van der Waals surface area contributed by atoms with Crippen molar-refractivity contribution in [2.75, 3.05) is 0 Å². The Kier molecular flexibility index (Phi) is 2.28. The highest BCUT2D eigenvalue weighted by Crippen LogP contribution is 2.21. The highest BCUT2D eigenvalue weighted by Gasteiger charge is 2.13. The second kappa shape index (κ2) is 3.61. The number of hydrogen-bond acceptors (Lipinski definition) is 5. The molecule has 2 rings (SSSR count). The van der Waals surface area contributed by atoms with Gasteiger partial charge in [-0.3, -0.25) is 14.9 Å². The molecule has 0 saturated carbocycles. The first-order valence-electron chi connectivity index (χ1n) is 4.32. The Bertz CT molecular complexity index is 574. The molecule has 82 valence electrons. The van der Waals surface area contributed by atoms with Gasteiger partial charge in [0.25, 0.3) is 5.69 Å². The molecule has 1 aromatic heterocycles. The number of non-ortho nitro benzene ring substituents is 1. The van der Waals surface area contributed by atoms with Gasteiger partial charge in [-0.15, -0.1) is 0 Å². The summed E-state index contributed by atoms with van der Waals surface area (Å²) in [6.07, 6.45) is -0.345. The summed E-state index contributed by atoms with van der Waals surface area (Å²) in [5.41, 5.74) is 0.509. The number of rotatable bonds is 3. The van der Waals surface area contributed by atoms with Crippen LogP contribution in [0.15, 0.2) is 22.6 Å². The summed E-state index contributed by atoms with van der Waals surface area (Å²) in [7, 11) is 0. The quantitative estimate of drug-likeness (QED) is 0.620. The fraction of sp³-hybridized carbons (Fsp3) is 0.111. The summed E-state index contributed by atoms with van der Waals surface area (Å²) in [5, 5.41) is 19.0. The van der Waals surface area contributed by atoms with Crippen LogP contribution in [0.4, 0.5) is 5.69 Å². The molecule has 7 heteroatoms. The van der Waals surface area contributed by atoms with Crippen molar-refractivity contribution >= 4 is 22.8 Å². The predicted octanol–water partition coefficient (Wildman–Crippen LogP) is 1.36. The minimum atomic E-state index is -1.07. The zero-order chi connectivity index (χ0) is 11.7. The van der Waals surface area contributed by atoms with Crippen LogP contribution in [0.5, 0.6) is 0 Å². The zero-order valence-corrected chi connectivity index (χ0v) is 7.91. The largest absolute Gasteiger partial charge is 0.481 e. The lowest BCUT2D eigenvalue weighted by Gasteiger charge is -1.88. The minimum Gasteiger partial charge on any atom is -0.481 e. The van der Waals surface area contributed by atoms with Gasteiger partial charge in [0.05, 0.1) is 4.92 Å².